The van der Waals surface area contributed by atoms with Crippen LogP contribution in [-0.2, 0) is 0 Å². The predicted octanol–water partition coefficient (Wildman–Crippen LogP) is -0.717. The van der Waals surface area contributed by atoms with Gasteiger partial charge in [-0.2, -0.15) is 0 Å². The van der Waals surface area contributed by atoms with E-state index in [9.17, 15) is 0 Å². The second-order valence-corrected chi connectivity index (χ2v) is 0.671. The van der Waals surface area contributed by atoms with Crippen LogP contribution in [0.25, 0.3) is 0 Å². The fourth-order valence-electron chi connectivity index (χ4n) is 0. The van der Waals surface area contributed by atoms with Crippen molar-refractivity contribution in [3.05, 3.63) is 46.0 Å². The second-order valence-electron chi connectivity index (χ2n) is 0.671. The van der Waals surface area contributed by atoms with Crippen molar-refractivity contribution in [2.24, 2.45) is 0 Å². The first-order chi connectivity index (χ1) is 5.20. The first kappa shape index (κ1) is 29.3. The van der Waals surface area contributed by atoms with E-state index in [0.717, 1.165) is 0 Å². The Morgan fingerprint density at radius 3 is 0.571 bits per heavy atom. The minimum atomic E-state index is -1.75. The van der Waals surface area contributed by atoms with Crippen LogP contribution in [0.3, 0.4) is 0 Å². The molecule has 0 N–H and O–H groups in total. The molecule has 0 aromatic carbocycles. The molecule has 0 atom stereocenters. The maximum absolute atomic E-state index is 8.25. The van der Waals surface area contributed by atoms with Crippen LogP contribution in [0.1, 0.15) is 0 Å². The van der Waals surface area contributed by atoms with Crippen molar-refractivity contribution in [1.82, 2.24) is 0 Å². The quantitative estimate of drug-likeness (QED) is 0.318. The second kappa shape index (κ2) is 23.4. The molecule has 0 bridgehead atoms. The molecule has 0 saturated carbocycles. The summed E-state index contributed by atoms with van der Waals surface area (Å²) in [5.41, 5.74) is 0. The molecule has 0 aliphatic heterocycles. The molecule has 0 saturated heterocycles. The SMILES string of the molecule is O=[N+]([O-])[O-].O=[N+]([O-])[O-].O=[N+]([O-])[O-].[Eu].[Pr+3]. The molecule has 0 aromatic rings. The van der Waals surface area contributed by atoms with Crippen molar-refractivity contribution in [2.75, 3.05) is 0 Å². The van der Waals surface area contributed by atoms with Crippen LogP contribution in [0.5, 0.6) is 0 Å². The number of rotatable bonds is 0. The van der Waals surface area contributed by atoms with Gasteiger partial charge in [0, 0.05) is 49.4 Å². The number of hydrogen-bond acceptors (Lipinski definition) is 9. The summed E-state index contributed by atoms with van der Waals surface area (Å²) in [5, 5.41) is 44.2. The standard InChI is InChI=1S/Eu.3NO3.Pr/c;3*2-1(3)4;/q;3*-1;+3. The van der Waals surface area contributed by atoms with Crippen molar-refractivity contribution in [3.63, 3.8) is 0 Å². The zero-order chi connectivity index (χ0) is 10.7. The van der Waals surface area contributed by atoms with Crippen molar-refractivity contribution >= 4 is 0 Å². The summed E-state index contributed by atoms with van der Waals surface area (Å²) in [7, 11) is 0. The van der Waals surface area contributed by atoms with Crippen LogP contribution in [0, 0.1) is 137 Å². The molecule has 0 unspecified atom stereocenters. The third kappa shape index (κ3) is 5570. The zero-order valence-corrected chi connectivity index (χ0v) is 12.1. The van der Waals surface area contributed by atoms with Gasteiger partial charge in [-0.15, -0.1) is 0 Å². The maximum atomic E-state index is 8.25. The normalized spacial score (nSPS) is 5.14. The molecule has 0 amide bonds. The van der Waals surface area contributed by atoms with E-state index >= 15 is 0 Å². The van der Waals surface area contributed by atoms with Crippen molar-refractivity contribution in [2.45, 2.75) is 0 Å². The largest absolute Gasteiger partial charge is 3.00 e. The van der Waals surface area contributed by atoms with Crippen molar-refractivity contribution in [1.29, 1.82) is 0 Å². The van der Waals surface area contributed by atoms with Gasteiger partial charge in [0.15, 0.2) is 0 Å². The Bertz CT molecular complexity index is 118. The summed E-state index contributed by atoms with van der Waals surface area (Å²) >= 11 is 0. The van der Waals surface area contributed by atoms with Gasteiger partial charge in [0.05, 0.1) is 15.3 Å². The molecule has 0 aliphatic rings. The molecule has 12 nitrogen and oxygen atoms in total. The molecule has 0 rings (SSSR count). The Balaban J connectivity index is -0.0000000270. The Morgan fingerprint density at radius 2 is 0.571 bits per heavy atom. The molecular formula is EuN3O9Pr. The summed E-state index contributed by atoms with van der Waals surface area (Å²) < 4.78 is 0. The van der Waals surface area contributed by atoms with Gasteiger partial charge in [-0.3, -0.25) is 0 Å². The maximum Gasteiger partial charge on any atom is 3.00 e. The number of nitrogens with zero attached hydrogens (tertiary/aromatic N) is 3. The van der Waals surface area contributed by atoms with Gasteiger partial charge in [-0.05, 0) is 0 Å². The van der Waals surface area contributed by atoms with Gasteiger partial charge in [-0.25, -0.2) is 0 Å². The average molecular weight is 479 g/mol. The Labute approximate surface area is 149 Å². The molecule has 14 heteroatoms. The summed E-state index contributed by atoms with van der Waals surface area (Å²) in [4.78, 5) is 24.8. The van der Waals surface area contributed by atoms with Gasteiger partial charge in [-0.1, -0.05) is 0 Å². The van der Waals surface area contributed by atoms with Crippen LogP contribution < -0.4 is 0 Å². The van der Waals surface area contributed by atoms with E-state index in [4.69, 9.17) is 46.0 Å². The van der Waals surface area contributed by atoms with E-state index < -0.39 is 15.3 Å². The van der Waals surface area contributed by atoms with E-state index in [1.54, 1.807) is 0 Å². The summed E-state index contributed by atoms with van der Waals surface area (Å²) in [5.74, 6) is 0. The summed E-state index contributed by atoms with van der Waals surface area (Å²) in [6.07, 6.45) is 0. The fraction of sp³-hybridized carbons (Fsp3) is 0. The third-order valence-electron chi connectivity index (χ3n) is 0. The van der Waals surface area contributed by atoms with Crippen LogP contribution in [-0.4, -0.2) is 15.3 Å². The van der Waals surface area contributed by atoms with Crippen molar-refractivity contribution in [3.8, 4) is 0 Å². The van der Waals surface area contributed by atoms with Crippen LogP contribution in [0.15, 0.2) is 0 Å². The van der Waals surface area contributed by atoms with Gasteiger partial charge >= 0.3 is 41.3 Å². The van der Waals surface area contributed by atoms with E-state index in [1.807, 2.05) is 0 Å². The summed E-state index contributed by atoms with van der Waals surface area (Å²) in [6.45, 7) is 0. The van der Waals surface area contributed by atoms with E-state index in [-0.39, 0.29) is 90.7 Å². The number of hydrogen-bond donors (Lipinski definition) is 0. The monoisotopic (exact) mass is 480 g/mol. The zero-order valence-electron chi connectivity index (χ0n) is 5.97. The topological polar surface area (TPSA) is 199 Å². The molecule has 0 spiro atoms. The minimum Gasteiger partial charge on any atom is -0.356 e. The Hall–Kier alpha value is 0.548. The van der Waals surface area contributed by atoms with E-state index in [0.29, 0.717) is 0 Å². The van der Waals surface area contributed by atoms with Crippen LogP contribution >= 0.6 is 0 Å². The van der Waals surface area contributed by atoms with Gasteiger partial charge in [0.25, 0.3) is 0 Å². The molecule has 79 valence electrons. The first-order valence-corrected chi connectivity index (χ1v) is 1.64. The third-order valence-corrected chi connectivity index (χ3v) is 0. The molecule has 0 heterocycles. The molecule has 1 radical (unpaired) electrons. The van der Waals surface area contributed by atoms with Gasteiger partial charge in [0.2, 0.25) is 0 Å². The van der Waals surface area contributed by atoms with Crippen LogP contribution in [0.2, 0.25) is 0 Å². The van der Waals surface area contributed by atoms with Crippen molar-refractivity contribution < 1.29 is 106 Å². The van der Waals surface area contributed by atoms with Crippen LogP contribution in [0.4, 0.5) is 0 Å². The minimum absolute atomic E-state index is 0. The first-order valence-electron chi connectivity index (χ1n) is 1.64. The average Bonchev–Trinajstić information content (AvgIpc) is 1.54. The molecular weight excluding hydrogens is 479 g/mol. The van der Waals surface area contributed by atoms with E-state index in [2.05, 4.69) is 0 Å². The fourth-order valence-corrected chi connectivity index (χ4v) is 0. The molecule has 0 aliphatic carbocycles. The smallest absolute Gasteiger partial charge is 0.356 e. The van der Waals surface area contributed by atoms with Gasteiger partial charge < -0.3 is 46.0 Å². The Kier molecular flexibility index (Phi) is 49.0. The summed E-state index contributed by atoms with van der Waals surface area (Å²) in [6, 6.07) is 0. The molecule has 0 fully saturated rings. The molecule has 0 aromatic heterocycles. The van der Waals surface area contributed by atoms with Gasteiger partial charge in [0.1, 0.15) is 0 Å². The Morgan fingerprint density at radius 1 is 0.571 bits per heavy atom. The van der Waals surface area contributed by atoms with E-state index in [1.165, 1.54) is 0 Å². The molecule has 14 heavy (non-hydrogen) atoms. The predicted molar refractivity (Wildman–Crippen MR) is 31.1 cm³/mol.